The highest BCUT2D eigenvalue weighted by atomic mass is 16.6. The van der Waals surface area contributed by atoms with Crippen LogP contribution in [-0.4, -0.2) is 59.0 Å². The molecule has 1 fully saturated rings. The largest absolute Gasteiger partial charge is 0.480 e. The highest BCUT2D eigenvalue weighted by molar-refractivity contribution is 5.81. The van der Waals surface area contributed by atoms with Crippen LogP contribution in [0.2, 0.25) is 0 Å². The molecule has 0 radical (unpaired) electrons. The number of carbonyl (C=O) groups is 3. The van der Waals surface area contributed by atoms with Gasteiger partial charge in [0.25, 0.3) is 0 Å². The minimum absolute atomic E-state index is 0.0821. The minimum Gasteiger partial charge on any atom is -0.480 e. The molecule has 1 aliphatic carbocycles. The van der Waals surface area contributed by atoms with Crippen molar-refractivity contribution in [3.05, 3.63) is 59.7 Å². The van der Waals surface area contributed by atoms with Crippen molar-refractivity contribution in [3.63, 3.8) is 0 Å². The minimum atomic E-state index is -1.18. The molecule has 2 aromatic carbocycles. The van der Waals surface area contributed by atoms with Crippen LogP contribution in [0.4, 0.5) is 9.59 Å². The van der Waals surface area contributed by atoms with Crippen LogP contribution in [0.1, 0.15) is 50.7 Å². The van der Waals surface area contributed by atoms with Gasteiger partial charge in [0.2, 0.25) is 0 Å². The number of nitrogens with zero attached hydrogens (tertiary/aromatic N) is 1. The second-order valence-electron chi connectivity index (χ2n) is 9.71. The van der Waals surface area contributed by atoms with Gasteiger partial charge in [0.15, 0.2) is 0 Å². The van der Waals surface area contributed by atoms with Crippen LogP contribution in [0.25, 0.3) is 11.1 Å². The molecule has 1 heterocycles. The van der Waals surface area contributed by atoms with E-state index in [1.54, 1.807) is 20.8 Å². The second-order valence-corrected chi connectivity index (χ2v) is 9.71. The molecule has 0 saturated carbocycles. The number of hydrogen-bond acceptors (Lipinski definition) is 5. The van der Waals surface area contributed by atoms with Crippen molar-refractivity contribution in [2.45, 2.75) is 57.2 Å². The van der Waals surface area contributed by atoms with Gasteiger partial charge in [-0.05, 0) is 55.9 Å². The van der Waals surface area contributed by atoms with Crippen molar-refractivity contribution >= 4 is 18.2 Å². The van der Waals surface area contributed by atoms with E-state index in [1.165, 1.54) is 4.90 Å². The lowest BCUT2D eigenvalue weighted by Gasteiger charge is -2.42. The van der Waals surface area contributed by atoms with E-state index in [9.17, 15) is 19.5 Å². The molecule has 180 valence electrons. The van der Waals surface area contributed by atoms with Crippen LogP contribution in [0.5, 0.6) is 0 Å². The number of benzene rings is 2. The van der Waals surface area contributed by atoms with E-state index in [0.717, 1.165) is 22.3 Å². The summed E-state index contributed by atoms with van der Waals surface area (Å²) >= 11 is 0. The highest BCUT2D eigenvalue weighted by Crippen LogP contribution is 2.44. The number of hydrogen-bond donors (Lipinski definition) is 2. The van der Waals surface area contributed by atoms with E-state index in [1.807, 2.05) is 48.5 Å². The van der Waals surface area contributed by atoms with E-state index in [0.29, 0.717) is 13.0 Å². The van der Waals surface area contributed by atoms with Gasteiger partial charge >= 0.3 is 18.2 Å². The van der Waals surface area contributed by atoms with E-state index >= 15 is 0 Å². The number of carboxylic acid groups (broad SMARTS) is 1. The highest BCUT2D eigenvalue weighted by Gasteiger charge is 2.38. The third kappa shape index (κ3) is 5.00. The number of carboxylic acids is 1. The lowest BCUT2D eigenvalue weighted by atomic mass is 9.96. The summed E-state index contributed by atoms with van der Waals surface area (Å²) in [7, 11) is 0. The van der Waals surface area contributed by atoms with Crippen molar-refractivity contribution in [2.75, 3.05) is 13.2 Å². The first-order valence-corrected chi connectivity index (χ1v) is 11.5. The van der Waals surface area contributed by atoms with Crippen molar-refractivity contribution in [2.24, 2.45) is 0 Å². The van der Waals surface area contributed by atoms with E-state index in [4.69, 9.17) is 9.47 Å². The number of carbonyl (C=O) groups excluding carboxylic acids is 2. The Hall–Kier alpha value is -3.55. The van der Waals surface area contributed by atoms with E-state index < -0.39 is 29.8 Å². The summed E-state index contributed by atoms with van der Waals surface area (Å²) in [6, 6.07) is 14.5. The number of aliphatic carboxylic acids is 1. The molecule has 2 aliphatic rings. The third-order valence-corrected chi connectivity index (χ3v) is 6.21. The summed E-state index contributed by atoms with van der Waals surface area (Å²) in [5.41, 5.74) is 3.75. The maximum atomic E-state index is 12.5. The second kappa shape index (κ2) is 9.37. The van der Waals surface area contributed by atoms with Gasteiger partial charge in [-0.15, -0.1) is 0 Å². The number of rotatable bonds is 6. The van der Waals surface area contributed by atoms with Crippen molar-refractivity contribution in [3.8, 4) is 11.1 Å². The van der Waals surface area contributed by atoms with Gasteiger partial charge in [-0.1, -0.05) is 48.5 Å². The SMILES string of the molecule is CC(C)(C)OC(=O)N1CC[C@H]1C[C@H](NC(=O)OCC1c2ccccc2-c2ccccc21)C(=O)O. The molecule has 0 aromatic heterocycles. The first-order valence-electron chi connectivity index (χ1n) is 11.5. The molecule has 34 heavy (non-hydrogen) atoms. The summed E-state index contributed by atoms with van der Waals surface area (Å²) in [5.74, 6) is -1.29. The third-order valence-electron chi connectivity index (χ3n) is 6.21. The van der Waals surface area contributed by atoms with Crippen LogP contribution in [0.3, 0.4) is 0 Å². The molecule has 2 amide bonds. The molecule has 2 aromatic rings. The molecule has 1 saturated heterocycles. The van der Waals surface area contributed by atoms with Gasteiger partial charge in [-0.25, -0.2) is 14.4 Å². The molecule has 4 rings (SSSR count). The summed E-state index contributed by atoms with van der Waals surface area (Å²) in [4.78, 5) is 38.1. The lowest BCUT2D eigenvalue weighted by Crippen LogP contribution is -2.56. The summed E-state index contributed by atoms with van der Waals surface area (Å²) in [5, 5.41) is 12.1. The quantitative estimate of drug-likeness (QED) is 0.655. The Morgan fingerprint density at radius 2 is 1.65 bits per heavy atom. The monoisotopic (exact) mass is 466 g/mol. The normalized spacial score (nSPS) is 17.7. The van der Waals surface area contributed by atoms with Gasteiger partial charge in [0.1, 0.15) is 18.2 Å². The predicted molar refractivity (Wildman–Crippen MR) is 126 cm³/mol. The average molecular weight is 467 g/mol. The van der Waals surface area contributed by atoms with Gasteiger partial charge in [-0.2, -0.15) is 0 Å². The van der Waals surface area contributed by atoms with Crippen LogP contribution >= 0.6 is 0 Å². The van der Waals surface area contributed by atoms with Crippen LogP contribution in [0, 0.1) is 0 Å². The maximum absolute atomic E-state index is 12.5. The molecule has 0 unspecified atom stereocenters. The molecule has 0 bridgehead atoms. The fourth-order valence-electron chi connectivity index (χ4n) is 4.52. The molecule has 1 aliphatic heterocycles. The molecular weight excluding hydrogens is 436 g/mol. The number of alkyl carbamates (subject to hydrolysis) is 1. The maximum Gasteiger partial charge on any atom is 0.410 e. The van der Waals surface area contributed by atoms with Crippen molar-refractivity contribution < 1.29 is 29.0 Å². The molecule has 2 atom stereocenters. The Labute approximate surface area is 198 Å². The van der Waals surface area contributed by atoms with Crippen molar-refractivity contribution in [1.29, 1.82) is 0 Å². The lowest BCUT2D eigenvalue weighted by molar-refractivity contribution is -0.140. The smallest absolute Gasteiger partial charge is 0.410 e. The zero-order chi connectivity index (χ0) is 24.5. The van der Waals surface area contributed by atoms with Gasteiger partial charge in [-0.3, -0.25) is 0 Å². The standard InChI is InChI=1S/C26H30N2O6/c1-26(2,3)34-25(32)28-13-12-16(28)14-22(23(29)30)27-24(31)33-15-21-19-10-6-4-8-17(19)18-9-5-7-11-20(18)21/h4-11,16,21-22H,12-15H2,1-3H3,(H,27,31)(H,29,30)/t16-,22-/m0/s1. The Morgan fingerprint density at radius 1 is 1.06 bits per heavy atom. The van der Waals surface area contributed by atoms with Gasteiger partial charge in [0, 0.05) is 18.5 Å². The Balaban J connectivity index is 1.35. The number of amides is 2. The first kappa shape index (κ1) is 23.6. The zero-order valence-electron chi connectivity index (χ0n) is 19.6. The summed E-state index contributed by atoms with van der Waals surface area (Å²) < 4.78 is 10.9. The predicted octanol–water partition coefficient (Wildman–Crippen LogP) is 4.38. The fraction of sp³-hybridized carbons (Fsp3) is 0.423. The average Bonchev–Trinajstić information content (AvgIpc) is 3.06. The zero-order valence-corrected chi connectivity index (χ0v) is 19.6. The van der Waals surface area contributed by atoms with E-state index in [2.05, 4.69) is 5.32 Å². The molecule has 8 heteroatoms. The Bertz CT molecular complexity index is 1050. The summed E-state index contributed by atoms with van der Waals surface area (Å²) in [6.07, 6.45) is -0.541. The number of likely N-dealkylation sites (tertiary alicyclic amines) is 1. The van der Waals surface area contributed by atoms with E-state index in [-0.39, 0.29) is 25.0 Å². The van der Waals surface area contributed by atoms with Crippen LogP contribution < -0.4 is 5.32 Å². The summed E-state index contributed by atoms with van der Waals surface area (Å²) in [6.45, 7) is 5.92. The Kier molecular flexibility index (Phi) is 6.50. The topological polar surface area (TPSA) is 105 Å². The molecular formula is C26H30N2O6. The number of ether oxygens (including phenoxy) is 2. The number of fused-ring (bicyclic) bond motifs is 3. The van der Waals surface area contributed by atoms with Crippen molar-refractivity contribution in [1.82, 2.24) is 10.2 Å². The Morgan fingerprint density at radius 3 is 2.15 bits per heavy atom. The molecule has 8 nitrogen and oxygen atoms in total. The fourth-order valence-corrected chi connectivity index (χ4v) is 4.52. The molecule has 0 spiro atoms. The first-order chi connectivity index (χ1) is 16.1. The van der Waals surface area contributed by atoms with Crippen LogP contribution in [0.15, 0.2) is 48.5 Å². The van der Waals surface area contributed by atoms with Crippen LogP contribution in [-0.2, 0) is 14.3 Å². The van der Waals surface area contributed by atoms with Gasteiger partial charge < -0.3 is 24.8 Å². The number of nitrogens with one attached hydrogen (secondary N) is 1. The molecule has 2 N–H and O–H groups in total. The van der Waals surface area contributed by atoms with Gasteiger partial charge in [0.05, 0.1) is 0 Å².